The van der Waals surface area contributed by atoms with Gasteiger partial charge in [0, 0.05) is 12.3 Å². The van der Waals surface area contributed by atoms with Crippen molar-refractivity contribution in [1.82, 2.24) is 0 Å². The number of rotatable bonds is 1. The summed E-state index contributed by atoms with van der Waals surface area (Å²) in [5.41, 5.74) is -1.44. The molecule has 154 valence electrons. The molecule has 0 unspecified atom stereocenters. The molecule has 0 aliphatic heterocycles. The molecule has 0 aromatic heterocycles. The van der Waals surface area contributed by atoms with Gasteiger partial charge in [-0.3, -0.25) is 4.79 Å². The number of allylic oxidation sites excluding steroid dienone is 1. The first-order valence-electron chi connectivity index (χ1n) is 10.5. The van der Waals surface area contributed by atoms with Gasteiger partial charge in [-0.25, -0.2) is 4.39 Å². The Balaban J connectivity index is 1.71. The average molecular weight is 390 g/mol. The van der Waals surface area contributed by atoms with Gasteiger partial charge in [0.1, 0.15) is 18.0 Å². The van der Waals surface area contributed by atoms with Gasteiger partial charge in [-0.05, 0) is 73.7 Å². The van der Waals surface area contributed by atoms with E-state index >= 15 is 0 Å². The first-order valence-corrected chi connectivity index (χ1v) is 10.5. The fourth-order valence-electron chi connectivity index (χ4n) is 7.38. The Morgan fingerprint density at radius 2 is 1.96 bits per heavy atom. The Labute approximate surface area is 166 Å². The number of halogens is 1. The van der Waals surface area contributed by atoms with Gasteiger partial charge in [-0.2, -0.15) is 0 Å². The number of hydrogen-bond acceptors (Lipinski definition) is 4. The van der Waals surface area contributed by atoms with Crippen molar-refractivity contribution in [2.24, 2.45) is 28.6 Å². The van der Waals surface area contributed by atoms with Gasteiger partial charge < -0.3 is 14.9 Å². The summed E-state index contributed by atoms with van der Waals surface area (Å²) >= 11 is 0. The second-order valence-corrected chi connectivity index (χ2v) is 9.91. The van der Waals surface area contributed by atoms with E-state index in [0.717, 1.165) is 31.3 Å². The fraction of sp³-hybridized carbons (Fsp3) is 0.783. The van der Waals surface area contributed by atoms with Crippen LogP contribution in [0.2, 0.25) is 0 Å². The number of fused-ring (bicyclic) bond motifs is 5. The molecule has 0 bridgehead atoms. The van der Waals surface area contributed by atoms with Crippen molar-refractivity contribution >= 4 is 5.97 Å². The van der Waals surface area contributed by atoms with Gasteiger partial charge in [-0.15, -0.1) is 6.42 Å². The zero-order valence-electron chi connectivity index (χ0n) is 17.0. The molecule has 4 aliphatic carbocycles. The van der Waals surface area contributed by atoms with E-state index in [0.29, 0.717) is 31.1 Å². The molecule has 0 radical (unpaired) electrons. The topological polar surface area (TPSA) is 66.8 Å². The zero-order valence-corrected chi connectivity index (χ0v) is 17.0. The van der Waals surface area contributed by atoms with Crippen LogP contribution in [0.1, 0.15) is 65.7 Å². The maximum absolute atomic E-state index is 14.7. The molecule has 28 heavy (non-hydrogen) atoms. The molecule has 4 rings (SSSR count). The van der Waals surface area contributed by atoms with Crippen LogP contribution in [0.5, 0.6) is 0 Å². The van der Waals surface area contributed by atoms with E-state index in [-0.39, 0.29) is 17.2 Å². The van der Waals surface area contributed by atoms with E-state index in [2.05, 4.69) is 12.8 Å². The standard InChI is InChI=1S/C23H31FO4/c1-5-23(27)19(28-13(2)25)12-17-14-6-7-16-20(24)18(26)9-10-21(16,3)15(14)8-11-22(17,23)4/h1,14-15,17-19,26-27H,6-12H2,2-4H3/t14-,15+,17+,18-,19+,21-,22+,23+/m1/s1. The predicted octanol–water partition coefficient (Wildman–Crippen LogP) is 3.51. The molecule has 0 saturated heterocycles. The van der Waals surface area contributed by atoms with E-state index in [1.54, 1.807) is 0 Å². The van der Waals surface area contributed by atoms with Crippen LogP contribution in [-0.4, -0.2) is 34.0 Å². The highest BCUT2D eigenvalue weighted by Crippen LogP contribution is 2.68. The van der Waals surface area contributed by atoms with E-state index in [1.165, 1.54) is 6.92 Å². The predicted molar refractivity (Wildman–Crippen MR) is 102 cm³/mol. The lowest BCUT2D eigenvalue weighted by Gasteiger charge is -2.58. The van der Waals surface area contributed by atoms with Crippen molar-refractivity contribution in [3.63, 3.8) is 0 Å². The fourth-order valence-corrected chi connectivity index (χ4v) is 7.38. The SMILES string of the molecule is C#C[C@]1(O)[C@@H](OC(C)=O)C[C@H]2[C@@H]3CCC4=C(F)[C@H](O)CC[C@]4(C)[C@H]3CC[C@@]21C. The second-order valence-electron chi connectivity index (χ2n) is 9.91. The summed E-state index contributed by atoms with van der Waals surface area (Å²) in [6.07, 6.45) is 8.98. The van der Waals surface area contributed by atoms with Gasteiger partial charge >= 0.3 is 5.97 Å². The molecule has 0 spiro atoms. The minimum Gasteiger partial charge on any atom is -0.458 e. The summed E-state index contributed by atoms with van der Waals surface area (Å²) in [7, 11) is 0. The molecule has 3 saturated carbocycles. The molecule has 2 N–H and O–H groups in total. The zero-order chi connectivity index (χ0) is 20.5. The Hall–Kier alpha value is -1.38. The minimum atomic E-state index is -1.47. The molecule has 0 aromatic rings. The van der Waals surface area contributed by atoms with Crippen LogP contribution in [0, 0.1) is 40.9 Å². The van der Waals surface area contributed by atoms with Crippen molar-refractivity contribution in [3.05, 3.63) is 11.4 Å². The maximum atomic E-state index is 14.7. The third-order valence-electron chi connectivity index (χ3n) is 8.91. The highest BCUT2D eigenvalue weighted by molar-refractivity contribution is 5.66. The number of terminal acetylenes is 1. The van der Waals surface area contributed by atoms with Gasteiger partial charge in [-0.1, -0.05) is 19.8 Å². The number of ether oxygens (including phenoxy) is 1. The van der Waals surface area contributed by atoms with Gasteiger partial charge in [0.25, 0.3) is 0 Å². The molecule has 8 atom stereocenters. The van der Waals surface area contributed by atoms with Crippen molar-refractivity contribution < 1.29 is 24.1 Å². The first-order chi connectivity index (χ1) is 13.1. The number of esters is 1. The molecular formula is C23H31FO4. The minimum absolute atomic E-state index is 0.130. The third-order valence-corrected chi connectivity index (χ3v) is 8.91. The molecule has 0 aromatic carbocycles. The maximum Gasteiger partial charge on any atom is 0.303 e. The van der Waals surface area contributed by atoms with Crippen molar-refractivity contribution in [2.45, 2.75) is 83.5 Å². The summed E-state index contributed by atoms with van der Waals surface area (Å²) in [6, 6.07) is 0. The quantitative estimate of drug-likeness (QED) is 0.531. The van der Waals surface area contributed by atoms with Crippen LogP contribution in [-0.2, 0) is 9.53 Å². The number of aliphatic hydroxyl groups excluding tert-OH is 1. The first kappa shape index (κ1) is 19.9. The summed E-state index contributed by atoms with van der Waals surface area (Å²) in [5.74, 6) is 2.57. The normalized spacial score (nSPS) is 50.2. The van der Waals surface area contributed by atoms with E-state index in [1.807, 2.05) is 6.92 Å². The Kier molecular flexibility index (Phi) is 4.49. The van der Waals surface area contributed by atoms with Crippen molar-refractivity contribution in [3.8, 4) is 12.3 Å². The summed E-state index contributed by atoms with van der Waals surface area (Å²) in [5, 5.41) is 21.4. The number of carbonyl (C=O) groups is 1. The average Bonchev–Trinajstić information content (AvgIpc) is 2.86. The summed E-state index contributed by atoms with van der Waals surface area (Å²) in [6.45, 7) is 5.54. The third kappa shape index (κ3) is 2.40. The van der Waals surface area contributed by atoms with Crippen LogP contribution in [0.4, 0.5) is 4.39 Å². The number of carbonyl (C=O) groups excluding carboxylic acids is 1. The Morgan fingerprint density at radius 1 is 1.25 bits per heavy atom. The number of hydrogen-bond donors (Lipinski definition) is 2. The lowest BCUT2D eigenvalue weighted by atomic mass is 9.46. The molecule has 3 fully saturated rings. The smallest absolute Gasteiger partial charge is 0.303 e. The largest absolute Gasteiger partial charge is 0.458 e. The lowest BCUT2D eigenvalue weighted by molar-refractivity contribution is -0.163. The summed E-state index contributed by atoms with van der Waals surface area (Å²) < 4.78 is 20.2. The van der Waals surface area contributed by atoms with Crippen molar-refractivity contribution in [2.75, 3.05) is 0 Å². The van der Waals surface area contributed by atoms with Crippen LogP contribution < -0.4 is 0 Å². The van der Waals surface area contributed by atoms with Crippen LogP contribution in [0.15, 0.2) is 11.4 Å². The van der Waals surface area contributed by atoms with Crippen LogP contribution in [0.25, 0.3) is 0 Å². The van der Waals surface area contributed by atoms with Crippen LogP contribution in [0.3, 0.4) is 0 Å². The van der Waals surface area contributed by atoms with E-state index in [4.69, 9.17) is 11.2 Å². The number of aliphatic hydroxyl groups is 2. The Bertz CT molecular complexity index is 769. The van der Waals surface area contributed by atoms with Gasteiger partial charge in [0.05, 0.1) is 0 Å². The molecular weight excluding hydrogens is 359 g/mol. The Morgan fingerprint density at radius 3 is 2.61 bits per heavy atom. The highest BCUT2D eigenvalue weighted by Gasteiger charge is 2.68. The molecule has 4 aliphatic rings. The molecule has 0 amide bonds. The van der Waals surface area contributed by atoms with Crippen LogP contribution >= 0.6 is 0 Å². The second kappa shape index (κ2) is 6.31. The molecule has 0 heterocycles. The van der Waals surface area contributed by atoms with Gasteiger partial charge in [0.15, 0.2) is 5.60 Å². The van der Waals surface area contributed by atoms with Gasteiger partial charge in [0.2, 0.25) is 0 Å². The lowest BCUT2D eigenvalue weighted by Crippen LogP contribution is -2.56. The van der Waals surface area contributed by atoms with Crippen molar-refractivity contribution in [1.29, 1.82) is 0 Å². The molecule has 4 nitrogen and oxygen atoms in total. The van der Waals surface area contributed by atoms with E-state index in [9.17, 15) is 19.4 Å². The highest BCUT2D eigenvalue weighted by atomic mass is 19.1. The summed E-state index contributed by atoms with van der Waals surface area (Å²) in [4.78, 5) is 11.6. The van der Waals surface area contributed by atoms with E-state index < -0.39 is 29.2 Å². The molecule has 5 heteroatoms. The monoisotopic (exact) mass is 390 g/mol.